The van der Waals surface area contributed by atoms with Crippen molar-refractivity contribution in [2.75, 3.05) is 65.7 Å². The van der Waals surface area contributed by atoms with Gasteiger partial charge in [0.2, 0.25) is 10.0 Å². The van der Waals surface area contributed by atoms with Crippen LogP contribution < -0.4 is 10.1 Å². The summed E-state index contributed by atoms with van der Waals surface area (Å²) in [5.41, 5.74) is 0. The van der Waals surface area contributed by atoms with Crippen LogP contribution in [0.15, 0.2) is 29.2 Å². The monoisotopic (exact) mass is 455 g/mol. The minimum absolute atomic E-state index is 0.0267. The number of morpholine rings is 2. The van der Waals surface area contributed by atoms with E-state index in [1.54, 1.807) is 12.1 Å². The molecule has 2 fully saturated rings. The zero-order valence-corrected chi connectivity index (χ0v) is 19.1. The Kier molecular flexibility index (Phi) is 8.67. The van der Waals surface area contributed by atoms with E-state index in [4.69, 9.17) is 14.2 Å². The Morgan fingerprint density at radius 3 is 2.55 bits per heavy atom. The van der Waals surface area contributed by atoms with Gasteiger partial charge < -0.3 is 19.5 Å². The number of sulfonamides is 1. The molecule has 9 nitrogen and oxygen atoms in total. The number of rotatable bonds is 9. The van der Waals surface area contributed by atoms with Crippen LogP contribution in [-0.4, -0.2) is 95.3 Å². The third kappa shape index (κ3) is 7.15. The molecular weight excluding hydrogens is 422 g/mol. The number of nitrogens with one attached hydrogen (secondary N) is 1. The SMILES string of the molecule is CC(C)CN1CCOC(CNC(=O)COc2ccc(S(=O)(=O)N3CCOCC3)cc2)C1. The highest BCUT2D eigenvalue weighted by Crippen LogP contribution is 2.20. The maximum Gasteiger partial charge on any atom is 0.258 e. The summed E-state index contributed by atoms with van der Waals surface area (Å²) in [6.07, 6.45) is -0.0267. The van der Waals surface area contributed by atoms with Crippen molar-refractivity contribution in [1.29, 1.82) is 0 Å². The van der Waals surface area contributed by atoms with E-state index in [2.05, 4.69) is 24.1 Å². The van der Waals surface area contributed by atoms with Crippen molar-refractivity contribution in [3.05, 3.63) is 24.3 Å². The molecule has 3 rings (SSSR count). The second-order valence-corrected chi connectivity index (χ2v) is 10.2. The van der Waals surface area contributed by atoms with Gasteiger partial charge in [-0.1, -0.05) is 13.8 Å². The minimum atomic E-state index is -3.54. The van der Waals surface area contributed by atoms with Gasteiger partial charge >= 0.3 is 0 Å². The van der Waals surface area contributed by atoms with Gasteiger partial charge in [0.05, 0.1) is 30.8 Å². The molecule has 0 spiro atoms. The number of carbonyl (C=O) groups excluding carboxylic acids is 1. The Morgan fingerprint density at radius 2 is 1.87 bits per heavy atom. The molecule has 1 aromatic carbocycles. The summed E-state index contributed by atoms with van der Waals surface area (Å²) in [4.78, 5) is 14.7. The molecule has 0 radical (unpaired) electrons. The largest absolute Gasteiger partial charge is 0.484 e. The van der Waals surface area contributed by atoms with Crippen molar-refractivity contribution in [1.82, 2.24) is 14.5 Å². The molecule has 1 amide bonds. The quantitative estimate of drug-likeness (QED) is 0.581. The lowest BCUT2D eigenvalue weighted by atomic mass is 10.2. The van der Waals surface area contributed by atoms with Crippen LogP contribution in [0, 0.1) is 5.92 Å². The summed E-state index contributed by atoms with van der Waals surface area (Å²) < 4.78 is 43.1. The summed E-state index contributed by atoms with van der Waals surface area (Å²) in [5, 5.41) is 2.85. The highest BCUT2D eigenvalue weighted by Gasteiger charge is 2.26. The van der Waals surface area contributed by atoms with Crippen LogP contribution in [0.1, 0.15) is 13.8 Å². The number of benzene rings is 1. The van der Waals surface area contributed by atoms with Crippen LogP contribution >= 0.6 is 0 Å². The van der Waals surface area contributed by atoms with Gasteiger partial charge in [-0.3, -0.25) is 9.69 Å². The van der Waals surface area contributed by atoms with E-state index in [0.717, 1.165) is 19.6 Å². The van der Waals surface area contributed by atoms with E-state index in [-0.39, 0.29) is 23.5 Å². The lowest BCUT2D eigenvalue weighted by molar-refractivity contribution is -0.124. The van der Waals surface area contributed by atoms with Gasteiger partial charge in [-0.15, -0.1) is 0 Å². The third-order valence-electron chi connectivity index (χ3n) is 5.17. The summed E-state index contributed by atoms with van der Waals surface area (Å²) in [5.74, 6) is 0.791. The van der Waals surface area contributed by atoms with Gasteiger partial charge in [0.25, 0.3) is 5.91 Å². The van der Waals surface area contributed by atoms with Gasteiger partial charge in [-0.05, 0) is 30.2 Å². The van der Waals surface area contributed by atoms with Gasteiger partial charge in [-0.2, -0.15) is 4.31 Å². The van der Waals surface area contributed by atoms with Gasteiger partial charge in [-0.25, -0.2) is 8.42 Å². The Morgan fingerprint density at radius 1 is 1.16 bits per heavy atom. The maximum absolute atomic E-state index is 12.6. The van der Waals surface area contributed by atoms with Crippen molar-refractivity contribution in [2.45, 2.75) is 24.8 Å². The van der Waals surface area contributed by atoms with E-state index in [9.17, 15) is 13.2 Å². The maximum atomic E-state index is 12.6. The summed E-state index contributed by atoms with van der Waals surface area (Å²) in [7, 11) is -3.54. The number of amides is 1. The number of carbonyl (C=O) groups is 1. The van der Waals surface area contributed by atoms with Crippen LogP contribution in [0.5, 0.6) is 5.75 Å². The van der Waals surface area contributed by atoms with Crippen LogP contribution in [-0.2, 0) is 24.3 Å². The van der Waals surface area contributed by atoms with E-state index >= 15 is 0 Å². The second kappa shape index (κ2) is 11.2. The molecular formula is C21H33N3O6S. The minimum Gasteiger partial charge on any atom is -0.484 e. The average Bonchev–Trinajstić information content (AvgIpc) is 2.77. The molecule has 2 aliphatic rings. The van der Waals surface area contributed by atoms with E-state index in [1.165, 1.54) is 16.4 Å². The molecule has 1 N–H and O–H groups in total. The number of nitrogens with zero attached hydrogens (tertiary/aromatic N) is 2. The van der Waals surface area contributed by atoms with Crippen molar-refractivity contribution < 1.29 is 27.4 Å². The van der Waals surface area contributed by atoms with Crippen molar-refractivity contribution >= 4 is 15.9 Å². The molecule has 0 saturated carbocycles. The molecule has 0 bridgehead atoms. The average molecular weight is 456 g/mol. The van der Waals surface area contributed by atoms with E-state index in [0.29, 0.717) is 51.1 Å². The Labute approximate surface area is 184 Å². The first kappa shape index (κ1) is 23.9. The molecule has 2 saturated heterocycles. The first-order valence-electron chi connectivity index (χ1n) is 10.8. The molecule has 0 aliphatic carbocycles. The molecule has 1 atom stereocenters. The predicted octanol–water partition coefficient (Wildman–Crippen LogP) is 0.559. The standard InChI is InChI=1S/C21H33N3O6S/c1-17(2)14-23-7-12-29-19(15-23)13-22-21(25)16-30-18-3-5-20(6-4-18)31(26,27)24-8-10-28-11-9-24/h3-6,17,19H,7-16H2,1-2H3,(H,22,25). The van der Waals surface area contributed by atoms with Crippen molar-refractivity contribution in [3.63, 3.8) is 0 Å². The fraction of sp³-hybridized carbons (Fsp3) is 0.667. The smallest absolute Gasteiger partial charge is 0.258 e. The zero-order valence-electron chi connectivity index (χ0n) is 18.3. The van der Waals surface area contributed by atoms with Gasteiger partial charge in [0.15, 0.2) is 6.61 Å². The van der Waals surface area contributed by atoms with Crippen LogP contribution in [0.4, 0.5) is 0 Å². The molecule has 1 unspecified atom stereocenters. The van der Waals surface area contributed by atoms with Crippen LogP contribution in [0.2, 0.25) is 0 Å². The fourth-order valence-corrected chi connectivity index (χ4v) is 5.07. The van der Waals surface area contributed by atoms with E-state index < -0.39 is 10.0 Å². The number of hydrogen-bond donors (Lipinski definition) is 1. The van der Waals surface area contributed by atoms with Crippen molar-refractivity contribution in [3.8, 4) is 5.75 Å². The molecule has 31 heavy (non-hydrogen) atoms. The normalized spacial score (nSPS) is 21.2. The molecule has 0 aromatic heterocycles. The Bertz CT molecular complexity index is 809. The molecule has 10 heteroatoms. The Balaban J connectivity index is 1.42. The lowest BCUT2D eigenvalue weighted by Gasteiger charge is -2.33. The molecule has 2 aliphatic heterocycles. The number of hydrogen-bond acceptors (Lipinski definition) is 7. The first-order chi connectivity index (χ1) is 14.8. The predicted molar refractivity (Wildman–Crippen MR) is 116 cm³/mol. The molecule has 174 valence electrons. The first-order valence-corrected chi connectivity index (χ1v) is 12.2. The van der Waals surface area contributed by atoms with Crippen molar-refractivity contribution in [2.24, 2.45) is 5.92 Å². The van der Waals surface area contributed by atoms with Crippen LogP contribution in [0.25, 0.3) is 0 Å². The van der Waals surface area contributed by atoms with E-state index in [1.807, 2.05) is 0 Å². The third-order valence-corrected chi connectivity index (χ3v) is 7.09. The second-order valence-electron chi connectivity index (χ2n) is 8.23. The summed E-state index contributed by atoms with van der Waals surface area (Å²) >= 11 is 0. The highest BCUT2D eigenvalue weighted by molar-refractivity contribution is 7.89. The Hall–Kier alpha value is -1.72. The lowest BCUT2D eigenvalue weighted by Crippen LogP contribution is -2.48. The summed E-state index contributed by atoms with van der Waals surface area (Å²) in [6.45, 7) is 9.59. The van der Waals surface area contributed by atoms with Gasteiger partial charge in [0, 0.05) is 39.3 Å². The highest BCUT2D eigenvalue weighted by atomic mass is 32.2. The van der Waals surface area contributed by atoms with Gasteiger partial charge in [0.1, 0.15) is 5.75 Å². The summed E-state index contributed by atoms with van der Waals surface area (Å²) in [6, 6.07) is 6.12. The fourth-order valence-electron chi connectivity index (χ4n) is 3.66. The molecule has 2 heterocycles. The topological polar surface area (TPSA) is 97.4 Å². The number of ether oxygens (including phenoxy) is 3. The molecule has 1 aromatic rings. The van der Waals surface area contributed by atoms with Crippen LogP contribution in [0.3, 0.4) is 0 Å². The zero-order chi connectivity index (χ0) is 22.3.